The molecular formula is C15H13FN4O. The summed E-state index contributed by atoms with van der Waals surface area (Å²) >= 11 is 0. The number of hydrogen-bond donors (Lipinski definition) is 2. The highest BCUT2D eigenvalue weighted by atomic mass is 19.1. The van der Waals surface area contributed by atoms with Crippen molar-refractivity contribution in [3.8, 4) is 6.07 Å². The van der Waals surface area contributed by atoms with Gasteiger partial charge in [0.05, 0.1) is 22.9 Å². The van der Waals surface area contributed by atoms with E-state index in [9.17, 15) is 9.18 Å². The quantitative estimate of drug-likeness (QED) is 0.844. The lowest BCUT2D eigenvalue weighted by atomic mass is 10.1. The van der Waals surface area contributed by atoms with Crippen molar-refractivity contribution in [2.24, 2.45) is 5.73 Å². The third-order valence-corrected chi connectivity index (χ3v) is 3.11. The SMILES string of the molecule is CN(c1cccc(C#N)c1)c1cc(C(N)=O)c(N)cc1F. The minimum atomic E-state index is -0.729. The van der Waals surface area contributed by atoms with Crippen molar-refractivity contribution >= 4 is 23.0 Å². The molecule has 0 aromatic heterocycles. The van der Waals surface area contributed by atoms with Gasteiger partial charge in [-0.2, -0.15) is 5.26 Å². The van der Waals surface area contributed by atoms with Crippen molar-refractivity contribution in [2.75, 3.05) is 17.7 Å². The number of nitrogens with zero attached hydrogens (tertiary/aromatic N) is 2. The Balaban J connectivity index is 2.52. The van der Waals surface area contributed by atoms with Crippen LogP contribution >= 0.6 is 0 Å². The molecule has 0 bridgehead atoms. The first-order valence-corrected chi connectivity index (χ1v) is 6.06. The van der Waals surface area contributed by atoms with Crippen LogP contribution in [0.25, 0.3) is 0 Å². The minimum Gasteiger partial charge on any atom is -0.398 e. The molecule has 0 aliphatic rings. The maximum atomic E-state index is 14.1. The maximum absolute atomic E-state index is 14.1. The van der Waals surface area contributed by atoms with Crippen LogP contribution in [-0.4, -0.2) is 13.0 Å². The number of anilines is 3. The van der Waals surface area contributed by atoms with Crippen molar-refractivity contribution < 1.29 is 9.18 Å². The van der Waals surface area contributed by atoms with E-state index < -0.39 is 11.7 Å². The smallest absolute Gasteiger partial charge is 0.250 e. The van der Waals surface area contributed by atoms with E-state index in [0.717, 1.165) is 6.07 Å². The normalized spacial score (nSPS) is 9.95. The lowest BCUT2D eigenvalue weighted by Gasteiger charge is -2.21. The third-order valence-electron chi connectivity index (χ3n) is 3.11. The Hall–Kier alpha value is -3.07. The van der Waals surface area contributed by atoms with Crippen LogP contribution in [0.4, 0.5) is 21.5 Å². The summed E-state index contributed by atoms with van der Waals surface area (Å²) in [4.78, 5) is 12.8. The van der Waals surface area contributed by atoms with E-state index in [-0.39, 0.29) is 16.9 Å². The molecule has 2 rings (SSSR count). The number of nitrogens with two attached hydrogens (primary N) is 2. The monoisotopic (exact) mass is 284 g/mol. The lowest BCUT2D eigenvalue weighted by Crippen LogP contribution is -2.17. The fourth-order valence-corrected chi connectivity index (χ4v) is 1.97. The Morgan fingerprint density at radius 2 is 2.05 bits per heavy atom. The molecule has 0 aliphatic heterocycles. The van der Waals surface area contributed by atoms with Crippen molar-refractivity contribution in [2.45, 2.75) is 0 Å². The Morgan fingerprint density at radius 1 is 1.33 bits per heavy atom. The molecule has 2 aromatic rings. The molecule has 0 heterocycles. The van der Waals surface area contributed by atoms with E-state index in [4.69, 9.17) is 16.7 Å². The second kappa shape index (κ2) is 5.51. The van der Waals surface area contributed by atoms with Gasteiger partial charge in [0.2, 0.25) is 0 Å². The van der Waals surface area contributed by atoms with Gasteiger partial charge >= 0.3 is 0 Å². The van der Waals surface area contributed by atoms with E-state index in [1.54, 1.807) is 31.3 Å². The van der Waals surface area contributed by atoms with Gasteiger partial charge in [-0.15, -0.1) is 0 Å². The summed E-state index contributed by atoms with van der Waals surface area (Å²) in [5.74, 6) is -1.31. The summed E-state index contributed by atoms with van der Waals surface area (Å²) in [6, 6.07) is 11.0. The van der Waals surface area contributed by atoms with Crippen molar-refractivity contribution in [1.82, 2.24) is 0 Å². The first-order chi connectivity index (χ1) is 9.93. The molecule has 0 spiro atoms. The topological polar surface area (TPSA) is 96.1 Å². The molecule has 1 amide bonds. The molecule has 0 unspecified atom stereocenters. The fraction of sp³-hybridized carbons (Fsp3) is 0.0667. The van der Waals surface area contributed by atoms with Crippen molar-refractivity contribution in [3.05, 3.63) is 53.3 Å². The van der Waals surface area contributed by atoms with E-state index in [1.165, 1.54) is 11.0 Å². The first kappa shape index (κ1) is 14.3. The number of nitrogen functional groups attached to an aromatic ring is 1. The molecule has 0 saturated heterocycles. The van der Waals surface area contributed by atoms with Gasteiger partial charge in [0.1, 0.15) is 5.82 Å². The summed E-state index contributed by atoms with van der Waals surface area (Å²) in [5.41, 5.74) is 12.0. The molecule has 0 atom stereocenters. The molecule has 2 aromatic carbocycles. The number of benzene rings is 2. The van der Waals surface area contributed by atoms with Crippen LogP contribution in [0.5, 0.6) is 0 Å². The minimum absolute atomic E-state index is 0.0112. The molecule has 21 heavy (non-hydrogen) atoms. The fourth-order valence-electron chi connectivity index (χ4n) is 1.97. The van der Waals surface area contributed by atoms with Crippen LogP contribution < -0.4 is 16.4 Å². The Morgan fingerprint density at radius 3 is 2.67 bits per heavy atom. The van der Waals surface area contributed by atoms with Gasteiger partial charge in [0.15, 0.2) is 0 Å². The highest BCUT2D eigenvalue weighted by Crippen LogP contribution is 2.30. The number of hydrogen-bond acceptors (Lipinski definition) is 4. The Kier molecular flexibility index (Phi) is 3.76. The first-order valence-electron chi connectivity index (χ1n) is 6.06. The number of amides is 1. The number of carbonyl (C=O) groups is 1. The molecule has 0 radical (unpaired) electrons. The molecule has 4 N–H and O–H groups in total. The highest BCUT2D eigenvalue weighted by molar-refractivity contribution is 5.99. The number of primary amides is 1. The van der Waals surface area contributed by atoms with Crippen LogP contribution in [0, 0.1) is 17.1 Å². The van der Waals surface area contributed by atoms with Crippen molar-refractivity contribution in [3.63, 3.8) is 0 Å². The van der Waals surface area contributed by atoms with Crippen LogP contribution in [0.3, 0.4) is 0 Å². The summed E-state index contributed by atoms with van der Waals surface area (Å²) in [5, 5.41) is 8.90. The van der Waals surface area contributed by atoms with Gasteiger partial charge < -0.3 is 16.4 Å². The van der Waals surface area contributed by atoms with Gasteiger partial charge in [0, 0.05) is 18.4 Å². The average Bonchev–Trinajstić information content (AvgIpc) is 2.46. The van der Waals surface area contributed by atoms with Gasteiger partial charge in [0.25, 0.3) is 5.91 Å². The number of carbonyl (C=O) groups excluding carboxylic acids is 1. The van der Waals surface area contributed by atoms with Gasteiger partial charge in [-0.3, -0.25) is 4.79 Å². The molecule has 0 aliphatic carbocycles. The van der Waals surface area contributed by atoms with E-state index in [0.29, 0.717) is 11.3 Å². The highest BCUT2D eigenvalue weighted by Gasteiger charge is 2.16. The number of nitriles is 1. The maximum Gasteiger partial charge on any atom is 0.250 e. The Labute approximate surface area is 121 Å². The van der Waals surface area contributed by atoms with Gasteiger partial charge in [-0.05, 0) is 30.3 Å². The second-order valence-electron chi connectivity index (χ2n) is 4.48. The van der Waals surface area contributed by atoms with Gasteiger partial charge in [-0.25, -0.2) is 4.39 Å². The predicted molar refractivity (Wildman–Crippen MR) is 78.6 cm³/mol. The molecule has 0 saturated carbocycles. The zero-order valence-corrected chi connectivity index (χ0v) is 11.3. The van der Waals surface area contributed by atoms with E-state index in [2.05, 4.69) is 0 Å². The largest absolute Gasteiger partial charge is 0.398 e. The predicted octanol–water partition coefficient (Wildman–Crippen LogP) is 2.15. The molecule has 6 heteroatoms. The van der Waals surface area contributed by atoms with Crippen LogP contribution in [0.2, 0.25) is 0 Å². The number of halogens is 1. The number of rotatable bonds is 3. The zero-order valence-electron chi connectivity index (χ0n) is 11.3. The van der Waals surface area contributed by atoms with Crippen LogP contribution in [0.1, 0.15) is 15.9 Å². The molecule has 0 fully saturated rings. The Bertz CT molecular complexity index is 752. The van der Waals surface area contributed by atoms with Crippen LogP contribution in [-0.2, 0) is 0 Å². The summed E-state index contributed by atoms with van der Waals surface area (Å²) in [7, 11) is 1.62. The van der Waals surface area contributed by atoms with Crippen LogP contribution in [0.15, 0.2) is 36.4 Å². The zero-order chi connectivity index (χ0) is 15.6. The summed E-state index contributed by atoms with van der Waals surface area (Å²) < 4.78 is 14.1. The summed E-state index contributed by atoms with van der Waals surface area (Å²) in [6.45, 7) is 0. The average molecular weight is 284 g/mol. The van der Waals surface area contributed by atoms with Gasteiger partial charge in [-0.1, -0.05) is 6.07 Å². The second-order valence-corrected chi connectivity index (χ2v) is 4.48. The van der Waals surface area contributed by atoms with E-state index >= 15 is 0 Å². The molecular weight excluding hydrogens is 271 g/mol. The standard InChI is InChI=1S/C15H13FN4O/c1-20(10-4-2-3-9(5-10)8-17)14-6-11(15(19)21)13(18)7-12(14)16/h2-7H,18H2,1H3,(H2,19,21). The molecule has 5 nitrogen and oxygen atoms in total. The van der Waals surface area contributed by atoms with E-state index in [1.807, 2.05) is 6.07 Å². The van der Waals surface area contributed by atoms with Crippen molar-refractivity contribution in [1.29, 1.82) is 5.26 Å². The molecule has 106 valence electrons. The summed E-state index contributed by atoms with van der Waals surface area (Å²) in [6.07, 6.45) is 0. The lowest BCUT2D eigenvalue weighted by molar-refractivity contribution is 0.100. The third kappa shape index (κ3) is 2.77.